The van der Waals surface area contributed by atoms with Crippen LogP contribution in [0.5, 0.6) is 5.75 Å². The van der Waals surface area contributed by atoms with E-state index < -0.39 is 11.2 Å². The Morgan fingerprint density at radius 1 is 1.30 bits per heavy atom. The average Bonchev–Trinajstić information content (AvgIpc) is 2.43. The number of methoxy groups -OCH3 is 1. The van der Waals surface area contributed by atoms with Crippen molar-refractivity contribution in [2.24, 2.45) is 5.92 Å². The van der Waals surface area contributed by atoms with Crippen LogP contribution in [0.25, 0.3) is 10.8 Å². The predicted molar refractivity (Wildman–Crippen MR) is 80.4 cm³/mol. The van der Waals surface area contributed by atoms with Gasteiger partial charge in [-0.2, -0.15) is 0 Å². The Morgan fingerprint density at radius 3 is 2.65 bits per heavy atom. The summed E-state index contributed by atoms with van der Waals surface area (Å²) in [5.74, 6) is -0.0185. The van der Waals surface area contributed by atoms with Gasteiger partial charge in [0.15, 0.2) is 0 Å². The molecule has 0 aliphatic carbocycles. The van der Waals surface area contributed by atoms with E-state index in [1.54, 1.807) is 13.3 Å². The van der Waals surface area contributed by atoms with Gasteiger partial charge in [0.25, 0.3) is 0 Å². The molecule has 0 aliphatic rings. The largest absolute Gasteiger partial charge is 0.496 e. The van der Waals surface area contributed by atoms with Crippen molar-refractivity contribution in [3.63, 3.8) is 0 Å². The van der Waals surface area contributed by atoms with E-state index in [1.807, 2.05) is 38.1 Å². The number of pyridine rings is 1. The van der Waals surface area contributed by atoms with Crippen LogP contribution in [0.3, 0.4) is 0 Å². The molecule has 4 nitrogen and oxygen atoms in total. The third kappa shape index (κ3) is 2.88. The Morgan fingerprint density at radius 2 is 2.05 bits per heavy atom. The van der Waals surface area contributed by atoms with Gasteiger partial charge in [0.1, 0.15) is 16.0 Å². The molecule has 5 heteroatoms. The Hall–Kier alpha value is -1.75. The Kier molecular flexibility index (Phi) is 4.49. The standard InChI is InChI=1S/C15H17NO3S/c1-9(2)13(15(17)18)20-14-11-5-4-6-12(19-3)10(11)7-8-16-14/h4-9,13H,1-3H3,(H,17,18). The summed E-state index contributed by atoms with van der Waals surface area (Å²) in [6.45, 7) is 3.80. The van der Waals surface area contributed by atoms with E-state index in [0.29, 0.717) is 0 Å². The van der Waals surface area contributed by atoms with Gasteiger partial charge >= 0.3 is 5.97 Å². The normalized spacial score (nSPS) is 12.6. The summed E-state index contributed by atoms with van der Waals surface area (Å²) in [5.41, 5.74) is 0. The average molecular weight is 291 g/mol. The number of rotatable bonds is 5. The zero-order chi connectivity index (χ0) is 14.7. The number of carboxylic acids is 1. The van der Waals surface area contributed by atoms with Crippen LogP contribution in [0, 0.1) is 5.92 Å². The summed E-state index contributed by atoms with van der Waals surface area (Å²) in [7, 11) is 1.62. The van der Waals surface area contributed by atoms with Crippen molar-refractivity contribution in [1.29, 1.82) is 0 Å². The number of ether oxygens (including phenoxy) is 1. The fourth-order valence-electron chi connectivity index (χ4n) is 2.02. The molecular formula is C15H17NO3S. The van der Waals surface area contributed by atoms with Crippen LogP contribution in [0.1, 0.15) is 13.8 Å². The number of thioether (sulfide) groups is 1. The zero-order valence-electron chi connectivity index (χ0n) is 11.7. The first-order chi connectivity index (χ1) is 9.54. The van der Waals surface area contributed by atoms with Gasteiger partial charge in [-0.15, -0.1) is 0 Å². The second kappa shape index (κ2) is 6.13. The summed E-state index contributed by atoms with van der Waals surface area (Å²) in [5, 5.41) is 11.4. The van der Waals surface area contributed by atoms with Gasteiger partial charge in [-0.25, -0.2) is 4.98 Å². The summed E-state index contributed by atoms with van der Waals surface area (Å²) in [4.78, 5) is 15.7. The minimum atomic E-state index is -0.813. The first kappa shape index (κ1) is 14.7. The topological polar surface area (TPSA) is 59.4 Å². The maximum Gasteiger partial charge on any atom is 0.317 e. The monoisotopic (exact) mass is 291 g/mol. The Bertz CT molecular complexity index is 628. The van der Waals surface area contributed by atoms with Crippen LogP contribution in [0.15, 0.2) is 35.5 Å². The van der Waals surface area contributed by atoms with E-state index >= 15 is 0 Å². The maximum atomic E-state index is 11.3. The third-order valence-electron chi connectivity index (χ3n) is 3.04. The van der Waals surface area contributed by atoms with Crippen molar-refractivity contribution in [2.75, 3.05) is 7.11 Å². The Labute approximate surface area is 122 Å². The van der Waals surface area contributed by atoms with E-state index in [9.17, 15) is 9.90 Å². The van der Waals surface area contributed by atoms with Crippen molar-refractivity contribution < 1.29 is 14.6 Å². The molecule has 2 aromatic rings. The number of hydrogen-bond donors (Lipinski definition) is 1. The van der Waals surface area contributed by atoms with Crippen molar-refractivity contribution in [3.8, 4) is 5.75 Å². The van der Waals surface area contributed by atoms with E-state index in [0.717, 1.165) is 21.5 Å². The minimum absolute atomic E-state index is 0.0279. The van der Waals surface area contributed by atoms with Crippen molar-refractivity contribution in [3.05, 3.63) is 30.5 Å². The van der Waals surface area contributed by atoms with Gasteiger partial charge in [0.2, 0.25) is 0 Å². The van der Waals surface area contributed by atoms with Crippen molar-refractivity contribution in [2.45, 2.75) is 24.1 Å². The van der Waals surface area contributed by atoms with Gasteiger partial charge < -0.3 is 9.84 Å². The van der Waals surface area contributed by atoms with E-state index in [-0.39, 0.29) is 5.92 Å². The molecule has 2 rings (SSSR count). The molecule has 20 heavy (non-hydrogen) atoms. The van der Waals surface area contributed by atoms with Crippen LogP contribution in [-0.4, -0.2) is 28.4 Å². The van der Waals surface area contributed by atoms with Gasteiger partial charge in [0, 0.05) is 17.0 Å². The molecule has 0 bridgehead atoms. The van der Waals surface area contributed by atoms with Gasteiger partial charge in [-0.3, -0.25) is 4.79 Å². The predicted octanol–water partition coefficient (Wildman–Crippen LogP) is 3.44. The molecule has 1 aromatic heterocycles. The minimum Gasteiger partial charge on any atom is -0.496 e. The maximum absolute atomic E-state index is 11.3. The molecule has 1 unspecified atom stereocenters. The molecule has 0 saturated carbocycles. The molecule has 0 amide bonds. The molecule has 0 aliphatic heterocycles. The number of aliphatic carboxylic acids is 1. The Balaban J connectivity index is 2.47. The lowest BCUT2D eigenvalue weighted by molar-refractivity contribution is -0.137. The lowest BCUT2D eigenvalue weighted by Gasteiger charge is -2.16. The fourth-order valence-corrected chi connectivity index (χ4v) is 3.06. The van der Waals surface area contributed by atoms with E-state index in [2.05, 4.69) is 4.98 Å². The lowest BCUT2D eigenvalue weighted by Crippen LogP contribution is -2.22. The van der Waals surface area contributed by atoms with Crippen molar-refractivity contribution in [1.82, 2.24) is 4.98 Å². The SMILES string of the molecule is COc1cccc2c(SC(C(=O)O)C(C)C)nccc12. The smallest absolute Gasteiger partial charge is 0.317 e. The number of fused-ring (bicyclic) bond motifs is 1. The molecule has 1 aromatic carbocycles. The van der Waals surface area contributed by atoms with Crippen LogP contribution < -0.4 is 4.74 Å². The molecule has 1 N–H and O–H groups in total. The summed E-state index contributed by atoms with van der Waals surface area (Å²) < 4.78 is 5.33. The molecule has 0 spiro atoms. The second-order valence-corrected chi connectivity index (χ2v) is 5.92. The highest BCUT2D eigenvalue weighted by Gasteiger charge is 2.24. The second-order valence-electron chi connectivity index (χ2n) is 4.79. The summed E-state index contributed by atoms with van der Waals surface area (Å²) >= 11 is 1.29. The molecule has 1 heterocycles. The van der Waals surface area contributed by atoms with Gasteiger partial charge in [-0.1, -0.05) is 37.7 Å². The first-order valence-corrected chi connectivity index (χ1v) is 7.23. The molecule has 0 fully saturated rings. The number of carboxylic acid groups (broad SMARTS) is 1. The van der Waals surface area contributed by atoms with E-state index in [1.165, 1.54) is 11.8 Å². The molecule has 1 atom stereocenters. The fraction of sp³-hybridized carbons (Fsp3) is 0.333. The zero-order valence-corrected chi connectivity index (χ0v) is 12.5. The van der Waals surface area contributed by atoms with Crippen LogP contribution in [0.2, 0.25) is 0 Å². The van der Waals surface area contributed by atoms with Crippen LogP contribution >= 0.6 is 11.8 Å². The highest BCUT2D eigenvalue weighted by atomic mass is 32.2. The van der Waals surface area contributed by atoms with E-state index in [4.69, 9.17) is 4.74 Å². The molecule has 106 valence electrons. The lowest BCUT2D eigenvalue weighted by atomic mass is 10.1. The van der Waals surface area contributed by atoms with Gasteiger partial charge in [-0.05, 0) is 18.1 Å². The molecular weight excluding hydrogens is 274 g/mol. The van der Waals surface area contributed by atoms with Crippen LogP contribution in [-0.2, 0) is 4.79 Å². The number of aromatic nitrogens is 1. The number of carbonyl (C=O) groups is 1. The number of nitrogens with zero attached hydrogens (tertiary/aromatic N) is 1. The van der Waals surface area contributed by atoms with Gasteiger partial charge in [0.05, 0.1) is 7.11 Å². The molecule has 0 radical (unpaired) electrons. The quantitative estimate of drug-likeness (QED) is 0.855. The highest BCUT2D eigenvalue weighted by molar-refractivity contribution is 8.00. The van der Waals surface area contributed by atoms with Crippen LogP contribution in [0.4, 0.5) is 0 Å². The number of hydrogen-bond acceptors (Lipinski definition) is 4. The first-order valence-electron chi connectivity index (χ1n) is 6.35. The summed E-state index contributed by atoms with van der Waals surface area (Å²) in [6, 6.07) is 7.59. The summed E-state index contributed by atoms with van der Waals surface area (Å²) in [6.07, 6.45) is 1.69. The highest BCUT2D eigenvalue weighted by Crippen LogP contribution is 2.35. The number of benzene rings is 1. The third-order valence-corrected chi connectivity index (χ3v) is 4.59. The van der Waals surface area contributed by atoms with Crippen molar-refractivity contribution >= 4 is 28.5 Å². The molecule has 0 saturated heterocycles.